The average molecular weight is 389 g/mol. The molecule has 0 atom stereocenters. The van der Waals surface area contributed by atoms with Crippen LogP contribution in [0.4, 0.5) is 0 Å². The molecule has 3 aromatic carbocycles. The first kappa shape index (κ1) is 18.1. The Morgan fingerprint density at radius 2 is 1.47 bits per heavy atom. The van der Waals surface area contributed by atoms with Crippen LogP contribution in [0.25, 0.3) is 44.3 Å². The van der Waals surface area contributed by atoms with Gasteiger partial charge in [0, 0.05) is 28.0 Å². The summed E-state index contributed by atoms with van der Waals surface area (Å²) in [5.41, 5.74) is 8.67. The van der Waals surface area contributed by atoms with E-state index in [9.17, 15) is 5.26 Å². The van der Waals surface area contributed by atoms with Crippen molar-refractivity contribution < 1.29 is 8.98 Å². The molecule has 144 valence electrons. The van der Waals surface area contributed by atoms with Gasteiger partial charge in [-0.1, -0.05) is 42.5 Å². The molecular formula is C27H21N2O+. The van der Waals surface area contributed by atoms with Gasteiger partial charge in [0.15, 0.2) is 6.20 Å². The van der Waals surface area contributed by atoms with Gasteiger partial charge in [-0.2, -0.15) is 5.26 Å². The molecular weight excluding hydrogens is 368 g/mol. The Bertz CT molecular complexity index is 1450. The summed E-state index contributed by atoms with van der Waals surface area (Å²) >= 11 is 0. The lowest BCUT2D eigenvalue weighted by Gasteiger charge is -2.07. The summed E-state index contributed by atoms with van der Waals surface area (Å²) in [6.07, 6.45) is 2.06. The molecule has 0 aliphatic heterocycles. The first-order chi connectivity index (χ1) is 14.6. The Labute approximate surface area is 175 Å². The van der Waals surface area contributed by atoms with Crippen LogP contribution in [-0.4, -0.2) is 0 Å². The van der Waals surface area contributed by atoms with E-state index in [0.29, 0.717) is 5.56 Å². The van der Waals surface area contributed by atoms with Gasteiger partial charge in [0.25, 0.3) is 0 Å². The van der Waals surface area contributed by atoms with E-state index < -0.39 is 0 Å². The average Bonchev–Trinajstić information content (AvgIpc) is 3.13. The minimum atomic E-state index is 0.618. The Morgan fingerprint density at radius 1 is 0.767 bits per heavy atom. The van der Waals surface area contributed by atoms with Crippen molar-refractivity contribution in [2.75, 3.05) is 0 Å². The van der Waals surface area contributed by atoms with Gasteiger partial charge < -0.3 is 4.42 Å². The van der Waals surface area contributed by atoms with Crippen LogP contribution in [0.15, 0.2) is 77.3 Å². The molecule has 5 rings (SSSR count). The number of hydrogen-bond donors (Lipinski definition) is 0. The lowest BCUT2D eigenvalue weighted by molar-refractivity contribution is -0.660. The maximum Gasteiger partial charge on any atom is 0.219 e. The number of aromatic nitrogens is 1. The summed E-state index contributed by atoms with van der Waals surface area (Å²) in [7, 11) is 2.06. The number of nitrogens with zero attached hydrogens (tertiary/aromatic N) is 2. The Balaban J connectivity index is 1.95. The highest BCUT2D eigenvalue weighted by Crippen LogP contribution is 2.42. The second-order valence-electron chi connectivity index (χ2n) is 7.73. The molecule has 0 amide bonds. The molecule has 0 aliphatic rings. The maximum atomic E-state index is 9.77. The molecule has 2 aromatic heterocycles. The smallest absolute Gasteiger partial charge is 0.219 e. The largest absolute Gasteiger partial charge is 0.454 e. The zero-order valence-electron chi connectivity index (χ0n) is 17.2. The zero-order chi connectivity index (χ0) is 20.8. The van der Waals surface area contributed by atoms with Crippen molar-refractivity contribution in [3.05, 3.63) is 89.6 Å². The number of rotatable bonds is 2. The Morgan fingerprint density at radius 3 is 2.17 bits per heavy atom. The van der Waals surface area contributed by atoms with Crippen molar-refractivity contribution in [1.29, 1.82) is 5.26 Å². The van der Waals surface area contributed by atoms with Crippen LogP contribution >= 0.6 is 0 Å². The minimum absolute atomic E-state index is 0.618. The van der Waals surface area contributed by atoms with Gasteiger partial charge in [-0.25, -0.2) is 4.57 Å². The van der Waals surface area contributed by atoms with E-state index in [1.54, 1.807) is 0 Å². The second-order valence-corrected chi connectivity index (χ2v) is 7.73. The van der Waals surface area contributed by atoms with Gasteiger partial charge >= 0.3 is 0 Å². The van der Waals surface area contributed by atoms with E-state index >= 15 is 0 Å². The van der Waals surface area contributed by atoms with Gasteiger partial charge in [0.1, 0.15) is 18.2 Å². The summed E-state index contributed by atoms with van der Waals surface area (Å²) in [5.74, 6) is 0. The molecule has 3 nitrogen and oxygen atoms in total. The van der Waals surface area contributed by atoms with E-state index in [1.807, 2.05) is 42.5 Å². The predicted octanol–water partition coefficient (Wildman–Crippen LogP) is 6.23. The van der Waals surface area contributed by atoms with Crippen LogP contribution in [0, 0.1) is 25.2 Å². The number of aryl methyl sites for hydroxylation is 3. The lowest BCUT2D eigenvalue weighted by Crippen LogP contribution is -2.31. The first-order valence-corrected chi connectivity index (χ1v) is 10.00. The summed E-state index contributed by atoms with van der Waals surface area (Å²) in [5, 5.41) is 11.9. The molecule has 5 aromatic rings. The zero-order valence-corrected chi connectivity index (χ0v) is 17.2. The van der Waals surface area contributed by atoms with Crippen molar-refractivity contribution in [3.63, 3.8) is 0 Å². The molecule has 0 aliphatic carbocycles. The number of pyridine rings is 1. The van der Waals surface area contributed by atoms with Crippen LogP contribution in [-0.2, 0) is 7.05 Å². The van der Waals surface area contributed by atoms with Crippen LogP contribution in [0.2, 0.25) is 0 Å². The molecule has 0 N–H and O–H groups in total. The minimum Gasteiger partial charge on any atom is -0.454 e. The fraction of sp³-hybridized carbons (Fsp3) is 0.111. The molecule has 0 radical (unpaired) electrons. The normalized spacial score (nSPS) is 11.1. The van der Waals surface area contributed by atoms with E-state index in [0.717, 1.165) is 49.9 Å². The topological polar surface area (TPSA) is 40.8 Å². The highest BCUT2D eigenvalue weighted by atomic mass is 16.3. The fourth-order valence-electron chi connectivity index (χ4n) is 4.40. The van der Waals surface area contributed by atoms with Gasteiger partial charge in [0.2, 0.25) is 5.69 Å². The maximum absolute atomic E-state index is 9.77. The third-order valence-electron chi connectivity index (χ3n) is 5.82. The van der Waals surface area contributed by atoms with E-state index in [1.165, 1.54) is 5.56 Å². The summed E-state index contributed by atoms with van der Waals surface area (Å²) in [6, 6.07) is 24.7. The molecule has 3 heteroatoms. The summed E-state index contributed by atoms with van der Waals surface area (Å²) in [4.78, 5) is 0. The van der Waals surface area contributed by atoms with Crippen LogP contribution in [0.1, 0.15) is 16.7 Å². The number of hydrogen-bond acceptors (Lipinski definition) is 2. The molecule has 30 heavy (non-hydrogen) atoms. The lowest BCUT2D eigenvalue weighted by atomic mass is 9.95. The van der Waals surface area contributed by atoms with Gasteiger partial charge in [0.05, 0.1) is 17.2 Å². The number of nitriles is 1. The van der Waals surface area contributed by atoms with E-state index in [-0.39, 0.29) is 0 Å². The van der Waals surface area contributed by atoms with Crippen molar-refractivity contribution in [3.8, 4) is 28.5 Å². The van der Waals surface area contributed by atoms with Crippen molar-refractivity contribution in [1.82, 2.24) is 0 Å². The number of fused-ring (bicyclic) bond motifs is 3. The summed E-state index contributed by atoms with van der Waals surface area (Å²) in [6.45, 7) is 4.24. The molecule has 0 saturated carbocycles. The van der Waals surface area contributed by atoms with E-state index in [2.05, 4.69) is 62.0 Å². The van der Waals surface area contributed by atoms with Gasteiger partial charge in [-0.3, -0.25) is 0 Å². The van der Waals surface area contributed by atoms with Gasteiger partial charge in [-0.15, -0.1) is 0 Å². The molecule has 0 bridgehead atoms. The monoisotopic (exact) mass is 389 g/mol. The third-order valence-corrected chi connectivity index (χ3v) is 5.82. The second kappa shape index (κ2) is 6.86. The molecule has 0 spiro atoms. The Hall–Kier alpha value is -3.90. The highest BCUT2D eigenvalue weighted by molar-refractivity contribution is 6.14. The highest BCUT2D eigenvalue weighted by Gasteiger charge is 2.24. The number of furan rings is 1. The fourth-order valence-corrected chi connectivity index (χ4v) is 4.40. The Kier molecular flexibility index (Phi) is 4.15. The SMILES string of the molecule is Cc1ccc2c(oc3c(-c4ccccc4)c(C#N)ccc32)c1-c1c(C)ccc[n+]1C. The molecule has 0 saturated heterocycles. The first-order valence-electron chi connectivity index (χ1n) is 10.00. The molecule has 0 fully saturated rings. The van der Waals surface area contributed by atoms with Crippen molar-refractivity contribution in [2.24, 2.45) is 7.05 Å². The standard InChI is InChI=1S/C27H21N2O/c1-17-11-13-21-22-14-12-20(16-28)24(19-9-5-4-6-10-19)27(22)30-26(21)23(17)25-18(2)8-7-15-29(25)3/h4-15H,1-3H3/q+1. The summed E-state index contributed by atoms with van der Waals surface area (Å²) < 4.78 is 8.73. The van der Waals surface area contributed by atoms with Crippen molar-refractivity contribution in [2.45, 2.75) is 13.8 Å². The predicted molar refractivity (Wildman–Crippen MR) is 120 cm³/mol. The van der Waals surface area contributed by atoms with Crippen LogP contribution < -0.4 is 4.57 Å². The molecule has 2 heterocycles. The van der Waals surface area contributed by atoms with Crippen LogP contribution in [0.5, 0.6) is 0 Å². The van der Waals surface area contributed by atoms with Gasteiger partial charge in [-0.05, 0) is 43.2 Å². The van der Waals surface area contributed by atoms with Crippen LogP contribution in [0.3, 0.4) is 0 Å². The third kappa shape index (κ3) is 2.62. The quantitative estimate of drug-likeness (QED) is 0.336. The van der Waals surface area contributed by atoms with E-state index in [4.69, 9.17) is 4.42 Å². The van der Waals surface area contributed by atoms with Crippen molar-refractivity contribution >= 4 is 21.9 Å². The number of benzene rings is 3. The molecule has 0 unspecified atom stereocenters.